The molecule has 93 valence electrons. The minimum absolute atomic E-state index is 0. The van der Waals surface area contributed by atoms with E-state index in [1.165, 1.54) is 31.2 Å². The van der Waals surface area contributed by atoms with Crippen LogP contribution >= 0.6 is 8.58 Å². The molecular formula is C15H21LiOP. The Morgan fingerprint density at radius 2 is 1.61 bits per heavy atom. The van der Waals surface area contributed by atoms with Crippen LogP contribution in [0.5, 0.6) is 0 Å². The van der Waals surface area contributed by atoms with Crippen LogP contribution < -0.4 is 0 Å². The quantitative estimate of drug-likeness (QED) is 0.589. The van der Waals surface area contributed by atoms with Gasteiger partial charge >= 0.3 is 0 Å². The molecule has 1 nitrogen and oxygen atoms in total. The van der Waals surface area contributed by atoms with Gasteiger partial charge in [0.25, 0.3) is 0 Å². The zero-order chi connectivity index (χ0) is 12.4. The van der Waals surface area contributed by atoms with E-state index in [4.69, 9.17) is 0 Å². The monoisotopic (exact) mass is 255 g/mol. The zero-order valence-corrected chi connectivity index (χ0v) is 13.0. The molecule has 0 heterocycles. The van der Waals surface area contributed by atoms with Crippen molar-refractivity contribution in [2.24, 2.45) is 0 Å². The molecule has 1 fully saturated rings. The Kier molecular flexibility index (Phi) is 6.13. The molecule has 0 bridgehead atoms. The summed E-state index contributed by atoms with van der Waals surface area (Å²) in [6, 6.07) is 4.25. The molecule has 1 saturated carbocycles. The van der Waals surface area contributed by atoms with Crippen molar-refractivity contribution in [3.63, 3.8) is 0 Å². The van der Waals surface area contributed by atoms with Gasteiger partial charge in [-0.15, -0.1) is 0 Å². The summed E-state index contributed by atoms with van der Waals surface area (Å²) in [5.74, 6) is 0. The van der Waals surface area contributed by atoms with Crippen LogP contribution in [-0.4, -0.2) is 30.0 Å². The van der Waals surface area contributed by atoms with Crippen LogP contribution in [0.3, 0.4) is 0 Å². The standard InChI is InChI=1S/C15H21OP.Li/c1-10-8-11(2)14(12(3)9-10)15(16)17-13-6-4-5-7-13;/h8-9,13,17H,4-7H2,1-3H3;. The van der Waals surface area contributed by atoms with Crippen molar-refractivity contribution in [3.8, 4) is 0 Å². The summed E-state index contributed by atoms with van der Waals surface area (Å²) < 4.78 is 0. The number of benzene rings is 1. The fourth-order valence-electron chi connectivity index (χ4n) is 2.87. The molecule has 3 heteroatoms. The van der Waals surface area contributed by atoms with E-state index in [2.05, 4.69) is 32.9 Å². The molecule has 0 spiro atoms. The van der Waals surface area contributed by atoms with Crippen molar-refractivity contribution in [3.05, 3.63) is 34.4 Å². The van der Waals surface area contributed by atoms with Gasteiger partial charge in [-0.25, -0.2) is 0 Å². The molecule has 1 aromatic carbocycles. The largest absolute Gasteiger partial charge is 0.289 e. The second-order valence-corrected chi connectivity index (χ2v) is 6.79. The third-order valence-corrected chi connectivity index (χ3v) is 5.09. The zero-order valence-electron chi connectivity index (χ0n) is 12.0. The fraction of sp³-hybridized carbons (Fsp3) is 0.533. The van der Waals surface area contributed by atoms with Gasteiger partial charge in [0.05, 0.1) is 0 Å². The average Bonchev–Trinajstić information content (AvgIpc) is 2.68. The summed E-state index contributed by atoms with van der Waals surface area (Å²) in [5.41, 5.74) is 5.59. The molecule has 18 heavy (non-hydrogen) atoms. The molecule has 1 radical (unpaired) electrons. The third kappa shape index (κ3) is 3.71. The predicted molar refractivity (Wildman–Crippen MR) is 81.3 cm³/mol. The second kappa shape index (κ2) is 6.90. The SMILES string of the molecule is Cc1cc(C)c(C(=O)PC2CCCC2)c(C)c1.[Li]. The first-order valence-electron chi connectivity index (χ1n) is 6.46. The van der Waals surface area contributed by atoms with E-state index in [1.807, 2.05) is 0 Å². The van der Waals surface area contributed by atoms with E-state index in [0.29, 0.717) is 19.8 Å². The number of aryl methyl sites for hydroxylation is 3. The van der Waals surface area contributed by atoms with Gasteiger partial charge in [0, 0.05) is 24.4 Å². The Labute approximate surface area is 124 Å². The number of rotatable bonds is 3. The van der Waals surface area contributed by atoms with E-state index in [-0.39, 0.29) is 18.9 Å². The Hall–Kier alpha value is -0.0826. The summed E-state index contributed by atoms with van der Waals surface area (Å²) in [5, 5.41) is 0. The summed E-state index contributed by atoms with van der Waals surface area (Å²) in [6.45, 7) is 6.21. The molecule has 1 aliphatic rings. The van der Waals surface area contributed by atoms with Crippen LogP contribution in [0.4, 0.5) is 0 Å². The van der Waals surface area contributed by atoms with Crippen molar-refractivity contribution in [2.75, 3.05) is 0 Å². The molecule has 0 aromatic heterocycles. The van der Waals surface area contributed by atoms with Gasteiger partial charge in [-0.3, -0.25) is 4.79 Å². The first-order valence-corrected chi connectivity index (χ1v) is 7.54. The molecule has 0 amide bonds. The molecule has 1 aliphatic carbocycles. The fourth-order valence-corrected chi connectivity index (χ4v) is 4.47. The van der Waals surface area contributed by atoms with Gasteiger partial charge < -0.3 is 0 Å². The summed E-state index contributed by atoms with van der Waals surface area (Å²) in [4.78, 5) is 12.4. The van der Waals surface area contributed by atoms with E-state index < -0.39 is 0 Å². The topological polar surface area (TPSA) is 17.1 Å². The predicted octanol–water partition coefficient (Wildman–Crippen LogP) is 3.99. The molecule has 0 N–H and O–H groups in total. The van der Waals surface area contributed by atoms with Gasteiger partial charge in [-0.1, -0.05) is 30.5 Å². The minimum Gasteiger partial charge on any atom is -0.289 e. The van der Waals surface area contributed by atoms with E-state index in [0.717, 1.165) is 16.7 Å². The maximum absolute atomic E-state index is 12.4. The number of carbonyl (C=O) groups excluding carboxylic acids is 1. The van der Waals surface area contributed by atoms with Gasteiger partial charge in [0.2, 0.25) is 0 Å². The van der Waals surface area contributed by atoms with E-state index >= 15 is 0 Å². The maximum atomic E-state index is 12.4. The molecule has 1 unspecified atom stereocenters. The third-order valence-electron chi connectivity index (χ3n) is 3.59. The van der Waals surface area contributed by atoms with Gasteiger partial charge in [0.15, 0.2) is 5.52 Å². The molecule has 2 rings (SSSR count). The Bertz CT molecular complexity index is 413. The van der Waals surface area contributed by atoms with Crippen LogP contribution in [0.2, 0.25) is 0 Å². The number of hydrogen-bond donors (Lipinski definition) is 0. The molecule has 0 aliphatic heterocycles. The smallest absolute Gasteiger partial charge is 0.181 e. The normalized spacial score (nSPS) is 16.2. The van der Waals surface area contributed by atoms with Crippen LogP contribution in [-0.2, 0) is 0 Å². The Morgan fingerprint density at radius 3 is 2.11 bits per heavy atom. The molecular weight excluding hydrogens is 234 g/mol. The minimum atomic E-state index is 0. The Morgan fingerprint density at radius 1 is 1.11 bits per heavy atom. The van der Waals surface area contributed by atoms with Crippen molar-refractivity contribution >= 4 is 33.0 Å². The number of hydrogen-bond acceptors (Lipinski definition) is 1. The van der Waals surface area contributed by atoms with Crippen molar-refractivity contribution in [1.82, 2.24) is 0 Å². The summed E-state index contributed by atoms with van der Waals surface area (Å²) >= 11 is 0. The summed E-state index contributed by atoms with van der Waals surface area (Å²) in [6.07, 6.45) is 5.15. The maximum Gasteiger partial charge on any atom is 0.181 e. The first kappa shape index (κ1) is 16.0. The first-order chi connectivity index (χ1) is 8.08. The van der Waals surface area contributed by atoms with Crippen molar-refractivity contribution < 1.29 is 4.79 Å². The number of carbonyl (C=O) groups is 1. The van der Waals surface area contributed by atoms with Crippen LogP contribution in [0.25, 0.3) is 0 Å². The van der Waals surface area contributed by atoms with Gasteiger partial charge in [-0.05, 0) is 59.0 Å². The van der Waals surface area contributed by atoms with Gasteiger partial charge in [-0.2, -0.15) is 0 Å². The van der Waals surface area contributed by atoms with Crippen molar-refractivity contribution in [1.29, 1.82) is 0 Å². The summed E-state index contributed by atoms with van der Waals surface area (Å²) in [7, 11) is 0.488. The molecule has 1 atom stereocenters. The van der Waals surface area contributed by atoms with Crippen LogP contribution in [0.1, 0.15) is 52.7 Å². The van der Waals surface area contributed by atoms with Crippen LogP contribution in [0, 0.1) is 20.8 Å². The van der Waals surface area contributed by atoms with Crippen LogP contribution in [0.15, 0.2) is 12.1 Å². The van der Waals surface area contributed by atoms with Crippen molar-refractivity contribution in [2.45, 2.75) is 52.1 Å². The van der Waals surface area contributed by atoms with E-state index in [9.17, 15) is 4.79 Å². The van der Waals surface area contributed by atoms with Gasteiger partial charge in [0.1, 0.15) is 0 Å². The Balaban J connectivity index is 0.00000162. The average molecular weight is 255 g/mol. The molecule has 0 saturated heterocycles. The van der Waals surface area contributed by atoms with E-state index in [1.54, 1.807) is 0 Å². The molecule has 1 aromatic rings. The second-order valence-electron chi connectivity index (χ2n) is 5.23.